The van der Waals surface area contributed by atoms with Crippen LogP contribution in [0.1, 0.15) is 21.5 Å². The lowest BCUT2D eigenvalue weighted by Crippen LogP contribution is -2.27. The van der Waals surface area contributed by atoms with Gasteiger partial charge in [-0.15, -0.1) is 0 Å². The first-order chi connectivity index (χ1) is 9.54. The third-order valence-corrected chi connectivity index (χ3v) is 3.46. The fourth-order valence-electron chi connectivity index (χ4n) is 2.28. The molecule has 3 heteroatoms. The zero-order valence-corrected chi connectivity index (χ0v) is 12.4. The summed E-state index contributed by atoms with van der Waals surface area (Å²) in [6.45, 7) is 4.00. The van der Waals surface area contributed by atoms with E-state index in [0.29, 0.717) is 5.56 Å². The van der Waals surface area contributed by atoms with Crippen LogP contribution in [-0.4, -0.2) is 20.0 Å². The van der Waals surface area contributed by atoms with Crippen molar-refractivity contribution >= 4 is 17.3 Å². The predicted octanol–water partition coefficient (Wildman–Crippen LogP) is 3.62. The van der Waals surface area contributed by atoms with Crippen LogP contribution in [0.5, 0.6) is 0 Å². The summed E-state index contributed by atoms with van der Waals surface area (Å²) in [6, 6.07) is 13.7. The number of para-hydroxylation sites is 1. The fraction of sp³-hybridized carbons (Fsp3) is 0.235. The molecule has 0 saturated heterocycles. The molecule has 104 valence electrons. The summed E-state index contributed by atoms with van der Waals surface area (Å²) >= 11 is 0. The number of aryl methyl sites for hydroxylation is 2. The van der Waals surface area contributed by atoms with Gasteiger partial charge < -0.3 is 10.2 Å². The number of nitrogens with zero attached hydrogens (tertiary/aromatic N) is 1. The monoisotopic (exact) mass is 268 g/mol. The van der Waals surface area contributed by atoms with Crippen LogP contribution in [0.2, 0.25) is 0 Å². The van der Waals surface area contributed by atoms with Crippen molar-refractivity contribution in [2.45, 2.75) is 13.8 Å². The van der Waals surface area contributed by atoms with Crippen LogP contribution < -0.4 is 10.2 Å². The molecule has 2 aromatic rings. The number of carbonyl (C=O) groups is 1. The summed E-state index contributed by atoms with van der Waals surface area (Å²) in [5.41, 5.74) is 4.63. The number of hydrogen-bond donors (Lipinski definition) is 1. The van der Waals surface area contributed by atoms with Crippen molar-refractivity contribution in [1.82, 2.24) is 0 Å². The van der Waals surface area contributed by atoms with Crippen LogP contribution >= 0.6 is 0 Å². The smallest absolute Gasteiger partial charge is 0.260 e. The van der Waals surface area contributed by atoms with Crippen LogP contribution in [0, 0.1) is 13.8 Å². The van der Waals surface area contributed by atoms with Crippen molar-refractivity contribution in [3.8, 4) is 0 Å². The molecule has 0 fully saturated rings. The molecule has 2 rings (SSSR count). The topological polar surface area (TPSA) is 32.3 Å². The van der Waals surface area contributed by atoms with Crippen LogP contribution in [0.15, 0.2) is 42.5 Å². The van der Waals surface area contributed by atoms with Gasteiger partial charge in [0, 0.05) is 25.5 Å². The average Bonchev–Trinajstić information content (AvgIpc) is 2.46. The van der Waals surface area contributed by atoms with Crippen molar-refractivity contribution in [2.24, 2.45) is 0 Å². The van der Waals surface area contributed by atoms with E-state index in [2.05, 4.69) is 5.32 Å². The number of amides is 1. The molecular formula is C17H20N2O. The third-order valence-electron chi connectivity index (χ3n) is 3.46. The SMILES string of the molecule is CNc1ccc(C)cc1C(=O)N(C)c1ccccc1C. The van der Waals surface area contributed by atoms with E-state index in [0.717, 1.165) is 22.5 Å². The molecule has 1 amide bonds. The molecule has 0 aliphatic carbocycles. The number of anilines is 2. The van der Waals surface area contributed by atoms with E-state index in [1.54, 1.807) is 4.90 Å². The van der Waals surface area contributed by atoms with Gasteiger partial charge in [-0.1, -0.05) is 29.8 Å². The Morgan fingerprint density at radius 2 is 1.80 bits per heavy atom. The molecular weight excluding hydrogens is 248 g/mol. The zero-order chi connectivity index (χ0) is 14.7. The van der Waals surface area contributed by atoms with E-state index in [-0.39, 0.29) is 5.91 Å². The molecule has 2 aromatic carbocycles. The number of hydrogen-bond acceptors (Lipinski definition) is 2. The standard InChI is InChI=1S/C17H20N2O/c1-12-9-10-15(18-3)14(11-12)17(20)19(4)16-8-6-5-7-13(16)2/h5-11,18H,1-4H3. The van der Waals surface area contributed by atoms with Gasteiger partial charge in [0.25, 0.3) is 5.91 Å². The Balaban J connectivity index is 2.41. The summed E-state index contributed by atoms with van der Waals surface area (Å²) in [5, 5.41) is 3.08. The zero-order valence-electron chi connectivity index (χ0n) is 12.4. The van der Waals surface area contributed by atoms with E-state index in [1.807, 2.05) is 70.4 Å². The van der Waals surface area contributed by atoms with E-state index in [9.17, 15) is 4.79 Å². The maximum Gasteiger partial charge on any atom is 0.260 e. The normalized spacial score (nSPS) is 10.2. The highest BCUT2D eigenvalue weighted by atomic mass is 16.2. The predicted molar refractivity (Wildman–Crippen MR) is 84.6 cm³/mol. The highest BCUT2D eigenvalue weighted by Gasteiger charge is 2.18. The Morgan fingerprint density at radius 3 is 2.45 bits per heavy atom. The summed E-state index contributed by atoms with van der Waals surface area (Å²) < 4.78 is 0. The van der Waals surface area contributed by atoms with Crippen LogP contribution in [0.25, 0.3) is 0 Å². The molecule has 0 unspecified atom stereocenters. The van der Waals surface area contributed by atoms with Gasteiger partial charge in [-0.05, 0) is 37.6 Å². The Kier molecular flexibility index (Phi) is 4.08. The largest absolute Gasteiger partial charge is 0.387 e. The van der Waals surface area contributed by atoms with Gasteiger partial charge in [-0.3, -0.25) is 4.79 Å². The minimum Gasteiger partial charge on any atom is -0.387 e. The Hall–Kier alpha value is -2.29. The second-order valence-electron chi connectivity index (χ2n) is 4.95. The molecule has 1 N–H and O–H groups in total. The summed E-state index contributed by atoms with van der Waals surface area (Å²) in [4.78, 5) is 14.4. The van der Waals surface area contributed by atoms with Crippen LogP contribution in [0.4, 0.5) is 11.4 Å². The van der Waals surface area contributed by atoms with E-state index in [4.69, 9.17) is 0 Å². The molecule has 0 heterocycles. The maximum absolute atomic E-state index is 12.7. The van der Waals surface area contributed by atoms with Gasteiger partial charge in [-0.25, -0.2) is 0 Å². The van der Waals surface area contributed by atoms with Crippen LogP contribution in [-0.2, 0) is 0 Å². The molecule has 3 nitrogen and oxygen atoms in total. The van der Waals surface area contributed by atoms with Crippen molar-refractivity contribution in [3.05, 3.63) is 59.2 Å². The Morgan fingerprint density at radius 1 is 1.10 bits per heavy atom. The fourth-order valence-corrected chi connectivity index (χ4v) is 2.28. The lowest BCUT2D eigenvalue weighted by molar-refractivity contribution is 0.0993. The quantitative estimate of drug-likeness (QED) is 0.922. The highest BCUT2D eigenvalue weighted by Crippen LogP contribution is 2.23. The first-order valence-corrected chi connectivity index (χ1v) is 6.66. The molecule has 0 atom stereocenters. The molecule has 0 spiro atoms. The molecule has 0 bridgehead atoms. The summed E-state index contributed by atoms with van der Waals surface area (Å²) in [5.74, 6) is -0.00708. The van der Waals surface area contributed by atoms with E-state index >= 15 is 0 Å². The second kappa shape index (κ2) is 5.78. The van der Waals surface area contributed by atoms with Gasteiger partial charge in [-0.2, -0.15) is 0 Å². The average molecular weight is 268 g/mol. The molecule has 0 radical (unpaired) electrons. The van der Waals surface area contributed by atoms with Gasteiger partial charge in [0.05, 0.1) is 5.56 Å². The summed E-state index contributed by atoms with van der Waals surface area (Å²) in [6.07, 6.45) is 0. The molecule has 0 aromatic heterocycles. The number of benzene rings is 2. The number of rotatable bonds is 3. The van der Waals surface area contributed by atoms with Gasteiger partial charge in [0.1, 0.15) is 0 Å². The third kappa shape index (κ3) is 2.67. The summed E-state index contributed by atoms with van der Waals surface area (Å²) in [7, 11) is 3.64. The minimum absolute atomic E-state index is 0.00708. The van der Waals surface area contributed by atoms with Crippen molar-refractivity contribution < 1.29 is 4.79 Å². The Bertz CT molecular complexity index is 635. The van der Waals surface area contributed by atoms with E-state index < -0.39 is 0 Å². The van der Waals surface area contributed by atoms with Crippen LogP contribution in [0.3, 0.4) is 0 Å². The van der Waals surface area contributed by atoms with Crippen molar-refractivity contribution in [1.29, 1.82) is 0 Å². The maximum atomic E-state index is 12.7. The molecule has 0 saturated carbocycles. The van der Waals surface area contributed by atoms with Gasteiger partial charge in [0.2, 0.25) is 0 Å². The highest BCUT2D eigenvalue weighted by molar-refractivity contribution is 6.09. The Labute approximate surface area is 120 Å². The number of carbonyl (C=O) groups excluding carboxylic acids is 1. The van der Waals surface area contributed by atoms with Gasteiger partial charge >= 0.3 is 0 Å². The first-order valence-electron chi connectivity index (χ1n) is 6.66. The second-order valence-corrected chi connectivity index (χ2v) is 4.95. The number of nitrogens with one attached hydrogen (secondary N) is 1. The minimum atomic E-state index is -0.00708. The lowest BCUT2D eigenvalue weighted by Gasteiger charge is -2.21. The molecule has 20 heavy (non-hydrogen) atoms. The molecule has 0 aliphatic heterocycles. The van der Waals surface area contributed by atoms with Crippen molar-refractivity contribution in [2.75, 3.05) is 24.3 Å². The first kappa shape index (κ1) is 14.1. The molecule has 0 aliphatic rings. The van der Waals surface area contributed by atoms with E-state index in [1.165, 1.54) is 0 Å². The lowest BCUT2D eigenvalue weighted by atomic mass is 10.1. The van der Waals surface area contributed by atoms with Crippen molar-refractivity contribution in [3.63, 3.8) is 0 Å². The van der Waals surface area contributed by atoms with Gasteiger partial charge in [0.15, 0.2) is 0 Å².